The molecule has 8 heteroatoms. The number of hydrogen-bond donors (Lipinski definition) is 1. The maximum atomic E-state index is 12.9. The van der Waals surface area contributed by atoms with E-state index in [9.17, 15) is 18.5 Å². The molecular weight excluding hydrogens is 388 g/mol. The van der Waals surface area contributed by atoms with Crippen molar-refractivity contribution in [3.63, 3.8) is 0 Å². The highest BCUT2D eigenvalue weighted by Crippen LogP contribution is 2.36. The Hall–Kier alpha value is -1.85. The molecule has 0 saturated heterocycles. The van der Waals surface area contributed by atoms with Gasteiger partial charge in [-0.25, -0.2) is 8.42 Å². The summed E-state index contributed by atoms with van der Waals surface area (Å²) in [5, 5.41) is 12.7. The van der Waals surface area contributed by atoms with Crippen molar-refractivity contribution in [2.24, 2.45) is 0 Å². The third-order valence-corrected chi connectivity index (χ3v) is 7.07. The summed E-state index contributed by atoms with van der Waals surface area (Å²) in [5.41, 5.74) is 2.46. The first-order valence-electron chi connectivity index (χ1n) is 10.4. The molecule has 162 valence electrons. The summed E-state index contributed by atoms with van der Waals surface area (Å²) in [6.07, 6.45) is 6.85. The highest BCUT2D eigenvalue weighted by atomic mass is 32.2. The van der Waals surface area contributed by atoms with Crippen LogP contribution in [0.1, 0.15) is 68.8 Å². The van der Waals surface area contributed by atoms with Crippen LogP contribution in [0.3, 0.4) is 0 Å². The van der Waals surface area contributed by atoms with Crippen molar-refractivity contribution in [2.75, 3.05) is 30.4 Å². The molecule has 2 rings (SSSR count). The number of carbonyl (C=O) groups is 1. The third kappa shape index (κ3) is 5.83. The zero-order valence-electron chi connectivity index (χ0n) is 18.3. The van der Waals surface area contributed by atoms with Crippen LogP contribution < -0.4 is 5.32 Å². The minimum atomic E-state index is -3.13. The molecule has 0 aromatic carbocycles. The van der Waals surface area contributed by atoms with Crippen LogP contribution in [0.15, 0.2) is 0 Å². The second-order valence-corrected chi connectivity index (χ2v) is 10.4. The number of carbonyl (C=O) groups excluding carboxylic acids is 1. The topological polar surface area (TPSA) is 95.2 Å². The smallest absolute Gasteiger partial charge is 0.239 e. The summed E-state index contributed by atoms with van der Waals surface area (Å²) in [5.74, 6) is 0.373. The summed E-state index contributed by atoms with van der Waals surface area (Å²) in [6, 6.07) is 2.30. The van der Waals surface area contributed by atoms with E-state index in [0.29, 0.717) is 24.0 Å². The number of nitrogens with one attached hydrogen (secondary N) is 1. The fourth-order valence-corrected chi connectivity index (χ4v) is 5.45. The predicted molar refractivity (Wildman–Crippen MR) is 116 cm³/mol. The Balaban J connectivity index is 2.24. The van der Waals surface area contributed by atoms with Gasteiger partial charge in [0.2, 0.25) is 5.91 Å². The predicted octanol–water partition coefficient (Wildman–Crippen LogP) is 3.18. The largest absolute Gasteiger partial charge is 0.327 e. The maximum Gasteiger partial charge on any atom is 0.239 e. The van der Waals surface area contributed by atoms with Crippen LogP contribution in [-0.4, -0.2) is 54.9 Å². The fourth-order valence-electron chi connectivity index (χ4n) is 4.36. The molecule has 1 amide bonds. The van der Waals surface area contributed by atoms with Gasteiger partial charge in [0.05, 0.1) is 17.9 Å². The Morgan fingerprint density at radius 3 is 2.45 bits per heavy atom. The van der Waals surface area contributed by atoms with Gasteiger partial charge in [-0.3, -0.25) is 9.69 Å². The van der Waals surface area contributed by atoms with E-state index in [0.717, 1.165) is 36.9 Å². The summed E-state index contributed by atoms with van der Waals surface area (Å²) in [7, 11) is -3.13. The average molecular weight is 423 g/mol. The van der Waals surface area contributed by atoms with Gasteiger partial charge >= 0.3 is 0 Å². The summed E-state index contributed by atoms with van der Waals surface area (Å²) < 4.78 is 25.4. The average Bonchev–Trinajstić information content (AvgIpc) is 2.88. The van der Waals surface area contributed by atoms with Gasteiger partial charge in [-0.05, 0) is 45.7 Å². The highest BCUT2D eigenvalue weighted by molar-refractivity contribution is 7.90. The molecule has 1 atom stereocenters. The van der Waals surface area contributed by atoms with Gasteiger partial charge in [-0.2, -0.15) is 5.26 Å². The fraction of sp³-hybridized carbons (Fsp3) is 0.714. The van der Waals surface area contributed by atoms with Gasteiger partial charge < -0.3 is 9.88 Å². The molecule has 0 spiro atoms. The first-order chi connectivity index (χ1) is 13.6. The maximum absolute atomic E-state index is 12.9. The minimum Gasteiger partial charge on any atom is -0.327 e. The standard InChI is InChI=1S/C21H34N4O3S/c1-6-24(15(2)14-29(5,27)28)13-20(26)23-21-19(12-22)16(3)17(4)25(21)18-10-8-7-9-11-18/h15,18H,6-11,13-14H2,1-5H3,(H,23,26). The van der Waals surface area contributed by atoms with E-state index in [1.54, 1.807) is 0 Å². The number of likely N-dealkylation sites (N-methyl/N-ethyl adjacent to an activating group) is 1. The van der Waals surface area contributed by atoms with Crippen LogP contribution in [0.5, 0.6) is 0 Å². The number of amides is 1. The van der Waals surface area contributed by atoms with Crippen LogP contribution in [-0.2, 0) is 14.6 Å². The second kappa shape index (κ2) is 9.77. The Labute approximate surface area is 175 Å². The van der Waals surface area contributed by atoms with E-state index in [4.69, 9.17) is 0 Å². The quantitative estimate of drug-likeness (QED) is 0.694. The number of aromatic nitrogens is 1. The van der Waals surface area contributed by atoms with Crippen molar-refractivity contribution in [3.8, 4) is 6.07 Å². The third-order valence-electron chi connectivity index (χ3n) is 5.99. The lowest BCUT2D eigenvalue weighted by molar-refractivity contribution is -0.117. The Kier molecular flexibility index (Phi) is 7.89. The molecule has 7 nitrogen and oxygen atoms in total. The molecule has 1 unspecified atom stereocenters. The van der Waals surface area contributed by atoms with E-state index in [1.165, 1.54) is 12.7 Å². The molecule has 1 aliphatic rings. The van der Waals surface area contributed by atoms with Gasteiger partial charge in [-0.1, -0.05) is 26.2 Å². The number of hydrogen-bond acceptors (Lipinski definition) is 5. The van der Waals surface area contributed by atoms with E-state index < -0.39 is 9.84 Å². The van der Waals surface area contributed by atoms with Gasteiger partial charge in [-0.15, -0.1) is 0 Å². The van der Waals surface area contributed by atoms with E-state index in [1.807, 2.05) is 32.6 Å². The van der Waals surface area contributed by atoms with E-state index in [-0.39, 0.29) is 24.2 Å². The Morgan fingerprint density at radius 1 is 1.31 bits per heavy atom. The van der Waals surface area contributed by atoms with Crippen LogP contribution in [0, 0.1) is 25.2 Å². The normalized spacial score (nSPS) is 16.6. The molecule has 1 fully saturated rings. The zero-order chi connectivity index (χ0) is 21.8. The first kappa shape index (κ1) is 23.4. The van der Waals surface area contributed by atoms with Crippen molar-refractivity contribution in [1.82, 2.24) is 9.47 Å². The number of sulfone groups is 1. The monoisotopic (exact) mass is 422 g/mol. The molecule has 29 heavy (non-hydrogen) atoms. The summed E-state index contributed by atoms with van der Waals surface area (Å²) in [4.78, 5) is 14.7. The Morgan fingerprint density at radius 2 is 1.93 bits per heavy atom. The molecule has 1 saturated carbocycles. The molecule has 0 aliphatic heterocycles. The van der Waals surface area contributed by atoms with Gasteiger partial charge in [0, 0.05) is 24.0 Å². The number of anilines is 1. The van der Waals surface area contributed by atoms with Crippen molar-refractivity contribution in [3.05, 3.63) is 16.8 Å². The number of rotatable bonds is 8. The SMILES string of the molecule is CCN(CC(=O)Nc1c(C#N)c(C)c(C)n1C1CCCCC1)C(C)CS(C)(=O)=O. The number of nitriles is 1. The number of nitrogens with zero attached hydrogens (tertiary/aromatic N) is 3. The van der Waals surface area contributed by atoms with Crippen molar-refractivity contribution < 1.29 is 13.2 Å². The molecular formula is C21H34N4O3S. The van der Waals surface area contributed by atoms with Crippen molar-refractivity contribution in [1.29, 1.82) is 5.26 Å². The lowest BCUT2D eigenvalue weighted by Gasteiger charge is -2.28. The van der Waals surface area contributed by atoms with Crippen molar-refractivity contribution >= 4 is 21.6 Å². The van der Waals surface area contributed by atoms with Gasteiger partial charge in [0.15, 0.2) is 0 Å². The van der Waals surface area contributed by atoms with E-state index >= 15 is 0 Å². The van der Waals surface area contributed by atoms with Crippen LogP contribution >= 0.6 is 0 Å². The molecule has 1 aromatic heterocycles. The van der Waals surface area contributed by atoms with Crippen molar-refractivity contribution in [2.45, 2.75) is 71.9 Å². The minimum absolute atomic E-state index is 0.00817. The lowest BCUT2D eigenvalue weighted by atomic mass is 9.95. The summed E-state index contributed by atoms with van der Waals surface area (Å²) in [6.45, 7) is 8.31. The molecule has 1 N–H and O–H groups in total. The Bertz CT molecular complexity index is 877. The van der Waals surface area contributed by atoms with Crippen LogP contribution in [0.2, 0.25) is 0 Å². The zero-order valence-corrected chi connectivity index (χ0v) is 19.1. The van der Waals surface area contributed by atoms with Crippen LogP contribution in [0.4, 0.5) is 5.82 Å². The molecule has 0 radical (unpaired) electrons. The molecule has 1 heterocycles. The van der Waals surface area contributed by atoms with E-state index in [2.05, 4.69) is 16.0 Å². The first-order valence-corrected chi connectivity index (χ1v) is 12.5. The van der Waals surface area contributed by atoms with Crippen LogP contribution in [0.25, 0.3) is 0 Å². The lowest BCUT2D eigenvalue weighted by Crippen LogP contribution is -2.42. The second-order valence-electron chi connectivity index (χ2n) is 8.26. The highest BCUT2D eigenvalue weighted by Gasteiger charge is 2.27. The van der Waals surface area contributed by atoms with Gasteiger partial charge in [0.1, 0.15) is 21.7 Å². The summed E-state index contributed by atoms with van der Waals surface area (Å²) >= 11 is 0. The van der Waals surface area contributed by atoms with Gasteiger partial charge in [0.25, 0.3) is 0 Å². The molecule has 0 bridgehead atoms. The molecule has 1 aliphatic carbocycles. The molecule has 1 aromatic rings.